The molecule has 1 aromatic rings. The van der Waals surface area contributed by atoms with E-state index in [1.54, 1.807) is 17.1 Å². The normalized spacial score (nSPS) is 24.5. The van der Waals surface area contributed by atoms with E-state index in [-0.39, 0.29) is 5.56 Å². The van der Waals surface area contributed by atoms with Gasteiger partial charge in [-0.25, -0.2) is 4.98 Å². The van der Waals surface area contributed by atoms with Crippen molar-refractivity contribution in [1.29, 1.82) is 0 Å². The first kappa shape index (κ1) is 14.7. The maximum atomic E-state index is 12.0. The molecule has 3 heterocycles. The van der Waals surface area contributed by atoms with Crippen molar-refractivity contribution in [3.63, 3.8) is 0 Å². The standard InChI is InChI=1S/C16H25N3O2/c1-13-9-17-12-19(16(13)20)10-14-4-6-18(7-5-14)11-15-3-2-8-21-15/h9,12,14-15H,2-8,10-11H2,1H3. The van der Waals surface area contributed by atoms with E-state index < -0.39 is 0 Å². The van der Waals surface area contributed by atoms with Crippen LogP contribution < -0.4 is 5.56 Å². The van der Waals surface area contributed by atoms with Gasteiger partial charge >= 0.3 is 0 Å². The molecule has 1 unspecified atom stereocenters. The highest BCUT2D eigenvalue weighted by Gasteiger charge is 2.24. The highest BCUT2D eigenvalue weighted by molar-refractivity contribution is 5.00. The van der Waals surface area contributed by atoms with Crippen LogP contribution in [0.15, 0.2) is 17.3 Å². The highest BCUT2D eigenvalue weighted by atomic mass is 16.5. The Balaban J connectivity index is 1.49. The van der Waals surface area contributed by atoms with Crippen molar-refractivity contribution in [3.05, 3.63) is 28.4 Å². The molecule has 0 bridgehead atoms. The molecular weight excluding hydrogens is 266 g/mol. The summed E-state index contributed by atoms with van der Waals surface area (Å²) < 4.78 is 7.49. The summed E-state index contributed by atoms with van der Waals surface area (Å²) in [5.74, 6) is 0.590. The number of piperidine rings is 1. The molecule has 116 valence electrons. The monoisotopic (exact) mass is 291 g/mol. The topological polar surface area (TPSA) is 47.4 Å². The van der Waals surface area contributed by atoms with Gasteiger partial charge in [-0.05, 0) is 51.6 Å². The third-order valence-corrected chi connectivity index (χ3v) is 4.72. The number of aryl methyl sites for hydroxylation is 1. The molecule has 0 aromatic carbocycles. The van der Waals surface area contributed by atoms with E-state index in [1.807, 2.05) is 6.92 Å². The Morgan fingerprint density at radius 3 is 2.81 bits per heavy atom. The first-order chi connectivity index (χ1) is 10.2. The molecule has 0 aliphatic carbocycles. The lowest BCUT2D eigenvalue weighted by Crippen LogP contribution is -2.40. The number of hydrogen-bond acceptors (Lipinski definition) is 4. The highest BCUT2D eigenvalue weighted by Crippen LogP contribution is 2.21. The summed E-state index contributed by atoms with van der Waals surface area (Å²) in [6.07, 6.45) is 8.51. The van der Waals surface area contributed by atoms with Crippen LogP contribution in [0.4, 0.5) is 0 Å². The van der Waals surface area contributed by atoms with E-state index in [0.29, 0.717) is 12.0 Å². The minimum Gasteiger partial charge on any atom is -0.377 e. The van der Waals surface area contributed by atoms with Gasteiger partial charge in [0.2, 0.25) is 0 Å². The molecule has 0 radical (unpaired) electrons. The smallest absolute Gasteiger partial charge is 0.256 e. The summed E-state index contributed by atoms with van der Waals surface area (Å²) in [5, 5.41) is 0. The Morgan fingerprint density at radius 1 is 1.29 bits per heavy atom. The van der Waals surface area contributed by atoms with Crippen molar-refractivity contribution >= 4 is 0 Å². The Kier molecular flexibility index (Phi) is 4.70. The van der Waals surface area contributed by atoms with E-state index >= 15 is 0 Å². The molecule has 5 heteroatoms. The largest absolute Gasteiger partial charge is 0.377 e. The van der Waals surface area contributed by atoms with Crippen LogP contribution in [-0.4, -0.2) is 46.8 Å². The van der Waals surface area contributed by atoms with Gasteiger partial charge in [-0.1, -0.05) is 0 Å². The van der Waals surface area contributed by atoms with E-state index in [0.717, 1.165) is 51.2 Å². The van der Waals surface area contributed by atoms with Gasteiger partial charge in [0.25, 0.3) is 5.56 Å². The predicted octanol–water partition coefficient (Wildman–Crippen LogP) is 1.44. The van der Waals surface area contributed by atoms with E-state index in [2.05, 4.69) is 9.88 Å². The van der Waals surface area contributed by atoms with Gasteiger partial charge in [0, 0.05) is 31.5 Å². The number of hydrogen-bond donors (Lipinski definition) is 0. The molecule has 2 aliphatic rings. The van der Waals surface area contributed by atoms with Gasteiger partial charge in [0.1, 0.15) is 0 Å². The Hall–Kier alpha value is -1.20. The zero-order valence-electron chi connectivity index (χ0n) is 12.8. The van der Waals surface area contributed by atoms with Gasteiger partial charge in [0.15, 0.2) is 0 Å². The lowest BCUT2D eigenvalue weighted by molar-refractivity contribution is 0.0583. The fourth-order valence-electron chi connectivity index (χ4n) is 3.40. The third-order valence-electron chi connectivity index (χ3n) is 4.72. The molecule has 5 nitrogen and oxygen atoms in total. The van der Waals surface area contributed by atoms with Crippen molar-refractivity contribution < 1.29 is 4.74 Å². The zero-order valence-corrected chi connectivity index (χ0v) is 12.8. The molecule has 2 aliphatic heterocycles. The third kappa shape index (κ3) is 3.71. The maximum absolute atomic E-state index is 12.0. The van der Waals surface area contributed by atoms with Crippen LogP contribution in [0.3, 0.4) is 0 Å². The Morgan fingerprint density at radius 2 is 2.10 bits per heavy atom. The van der Waals surface area contributed by atoms with E-state index in [4.69, 9.17) is 4.74 Å². The summed E-state index contributed by atoms with van der Waals surface area (Å²) >= 11 is 0. The van der Waals surface area contributed by atoms with Gasteiger partial charge in [0.05, 0.1) is 12.4 Å². The van der Waals surface area contributed by atoms with Gasteiger partial charge < -0.3 is 9.64 Å². The van der Waals surface area contributed by atoms with Crippen LogP contribution in [-0.2, 0) is 11.3 Å². The second-order valence-corrected chi connectivity index (χ2v) is 6.41. The van der Waals surface area contributed by atoms with Gasteiger partial charge in [-0.15, -0.1) is 0 Å². The first-order valence-corrected chi connectivity index (χ1v) is 8.07. The lowest BCUT2D eigenvalue weighted by atomic mass is 9.96. The van der Waals surface area contributed by atoms with Crippen molar-refractivity contribution in [2.45, 2.75) is 45.3 Å². The SMILES string of the molecule is Cc1cncn(CC2CCN(CC3CCCO3)CC2)c1=O. The number of rotatable bonds is 4. The summed E-state index contributed by atoms with van der Waals surface area (Å²) in [6.45, 7) is 6.90. The minimum atomic E-state index is 0.104. The Bertz CT molecular complexity index is 514. The molecule has 0 amide bonds. The second kappa shape index (κ2) is 6.71. The zero-order chi connectivity index (χ0) is 14.7. The first-order valence-electron chi connectivity index (χ1n) is 8.07. The summed E-state index contributed by atoms with van der Waals surface area (Å²) in [7, 11) is 0. The Labute approximate surface area is 125 Å². The van der Waals surface area contributed by atoms with Crippen molar-refractivity contribution in [2.24, 2.45) is 5.92 Å². The van der Waals surface area contributed by atoms with Crippen molar-refractivity contribution in [2.75, 3.05) is 26.2 Å². The number of likely N-dealkylation sites (tertiary alicyclic amines) is 1. The molecule has 2 saturated heterocycles. The predicted molar refractivity (Wildman–Crippen MR) is 81.4 cm³/mol. The summed E-state index contributed by atoms with van der Waals surface area (Å²) in [6, 6.07) is 0. The fraction of sp³-hybridized carbons (Fsp3) is 0.750. The number of nitrogens with zero attached hydrogens (tertiary/aromatic N) is 3. The average molecular weight is 291 g/mol. The van der Waals surface area contributed by atoms with E-state index in [1.165, 1.54) is 12.8 Å². The number of ether oxygens (including phenoxy) is 1. The minimum absolute atomic E-state index is 0.104. The molecule has 0 spiro atoms. The molecule has 2 fully saturated rings. The van der Waals surface area contributed by atoms with Crippen molar-refractivity contribution in [1.82, 2.24) is 14.5 Å². The van der Waals surface area contributed by atoms with Crippen LogP contribution in [0.5, 0.6) is 0 Å². The van der Waals surface area contributed by atoms with Crippen LogP contribution in [0.25, 0.3) is 0 Å². The molecular formula is C16H25N3O2. The quantitative estimate of drug-likeness (QED) is 0.842. The molecule has 3 rings (SSSR count). The molecule has 0 saturated carbocycles. The molecule has 1 atom stereocenters. The van der Waals surface area contributed by atoms with Gasteiger partial charge in [-0.2, -0.15) is 0 Å². The molecule has 0 N–H and O–H groups in total. The lowest BCUT2D eigenvalue weighted by Gasteiger charge is -2.33. The second-order valence-electron chi connectivity index (χ2n) is 6.41. The van der Waals surface area contributed by atoms with Crippen LogP contribution >= 0.6 is 0 Å². The number of aromatic nitrogens is 2. The van der Waals surface area contributed by atoms with E-state index in [9.17, 15) is 4.79 Å². The summed E-state index contributed by atoms with van der Waals surface area (Å²) in [5.41, 5.74) is 0.833. The van der Waals surface area contributed by atoms with Gasteiger partial charge in [-0.3, -0.25) is 9.36 Å². The van der Waals surface area contributed by atoms with Crippen molar-refractivity contribution in [3.8, 4) is 0 Å². The summed E-state index contributed by atoms with van der Waals surface area (Å²) in [4.78, 5) is 18.7. The average Bonchev–Trinajstić information content (AvgIpc) is 2.99. The van der Waals surface area contributed by atoms with Crippen LogP contribution in [0, 0.1) is 12.8 Å². The molecule has 1 aromatic heterocycles. The van der Waals surface area contributed by atoms with Crippen LogP contribution in [0.2, 0.25) is 0 Å². The molecule has 21 heavy (non-hydrogen) atoms. The fourth-order valence-corrected chi connectivity index (χ4v) is 3.40. The maximum Gasteiger partial charge on any atom is 0.256 e. The van der Waals surface area contributed by atoms with Crippen LogP contribution in [0.1, 0.15) is 31.2 Å².